The zero-order valence-corrected chi connectivity index (χ0v) is 15.8. The lowest BCUT2D eigenvalue weighted by Crippen LogP contribution is -2.12. The Morgan fingerprint density at radius 1 is 1.12 bits per heavy atom. The number of benzene rings is 2. The third-order valence-corrected chi connectivity index (χ3v) is 4.88. The summed E-state index contributed by atoms with van der Waals surface area (Å²) in [5.41, 5.74) is 2.11. The van der Waals surface area contributed by atoms with E-state index in [0.29, 0.717) is 39.1 Å². The highest BCUT2D eigenvalue weighted by molar-refractivity contribution is 7.99. The molecule has 0 fully saturated rings. The fraction of sp³-hybridized carbons (Fsp3) is 0.176. The summed E-state index contributed by atoms with van der Waals surface area (Å²) in [5, 5.41) is 10.00. The molecule has 1 aromatic heterocycles. The average Bonchev–Trinajstić information content (AvgIpc) is 2.95. The van der Waals surface area contributed by atoms with Crippen LogP contribution in [0.15, 0.2) is 47.6 Å². The normalized spacial score (nSPS) is 10.8. The van der Waals surface area contributed by atoms with Crippen LogP contribution in [0, 0.1) is 6.92 Å². The van der Waals surface area contributed by atoms with Gasteiger partial charge in [0, 0.05) is 16.3 Å². The molecule has 0 aliphatic rings. The Hall–Kier alpha value is -1.89. The number of nitrogen functional groups attached to an aromatic ring is 1. The van der Waals surface area contributed by atoms with Crippen molar-refractivity contribution in [1.82, 2.24) is 14.9 Å². The van der Waals surface area contributed by atoms with Gasteiger partial charge in [0.05, 0.1) is 11.6 Å². The fourth-order valence-electron chi connectivity index (χ4n) is 2.15. The van der Waals surface area contributed by atoms with Gasteiger partial charge in [-0.05, 0) is 25.1 Å². The van der Waals surface area contributed by atoms with Gasteiger partial charge in [-0.3, -0.25) is 0 Å². The lowest BCUT2D eigenvalue weighted by atomic mass is 10.1. The number of halogens is 2. The molecular formula is C17H16Cl2N4OS. The smallest absolute Gasteiger partial charge is 0.210 e. The number of aryl methyl sites for hydroxylation is 1. The van der Waals surface area contributed by atoms with Crippen LogP contribution in [0.2, 0.25) is 10.0 Å². The van der Waals surface area contributed by atoms with Gasteiger partial charge >= 0.3 is 0 Å². The monoisotopic (exact) mass is 394 g/mol. The Morgan fingerprint density at radius 3 is 2.60 bits per heavy atom. The van der Waals surface area contributed by atoms with Crippen LogP contribution >= 0.6 is 35.0 Å². The van der Waals surface area contributed by atoms with Crippen LogP contribution in [0.4, 0.5) is 0 Å². The highest BCUT2D eigenvalue weighted by Crippen LogP contribution is 2.28. The van der Waals surface area contributed by atoms with Gasteiger partial charge in [0.2, 0.25) is 5.16 Å². The van der Waals surface area contributed by atoms with Gasteiger partial charge in [-0.2, -0.15) is 0 Å². The molecule has 0 saturated heterocycles. The Morgan fingerprint density at radius 2 is 1.88 bits per heavy atom. The molecule has 2 N–H and O–H groups in total. The molecule has 0 unspecified atom stereocenters. The second-order valence-electron chi connectivity index (χ2n) is 5.31. The van der Waals surface area contributed by atoms with E-state index in [9.17, 15) is 0 Å². The van der Waals surface area contributed by atoms with Gasteiger partial charge in [-0.15, -0.1) is 10.2 Å². The van der Waals surface area contributed by atoms with Crippen molar-refractivity contribution >= 4 is 35.0 Å². The minimum atomic E-state index is 0.457. The molecular weight excluding hydrogens is 379 g/mol. The maximum Gasteiger partial charge on any atom is 0.210 e. The van der Waals surface area contributed by atoms with Crippen LogP contribution < -0.4 is 10.6 Å². The first-order valence-corrected chi connectivity index (χ1v) is 9.27. The number of nitrogens with zero attached hydrogens (tertiary/aromatic N) is 3. The second kappa shape index (κ2) is 7.99. The van der Waals surface area contributed by atoms with Gasteiger partial charge in [-0.25, -0.2) is 4.68 Å². The molecule has 1 heterocycles. The van der Waals surface area contributed by atoms with Crippen LogP contribution in [0.5, 0.6) is 5.75 Å². The van der Waals surface area contributed by atoms with E-state index in [1.807, 2.05) is 31.2 Å². The van der Waals surface area contributed by atoms with E-state index in [1.54, 1.807) is 18.2 Å². The zero-order valence-electron chi connectivity index (χ0n) is 13.4. The number of aromatic nitrogens is 3. The molecule has 0 bridgehead atoms. The molecule has 8 heteroatoms. The Balaban J connectivity index is 1.58. The summed E-state index contributed by atoms with van der Waals surface area (Å²) < 4.78 is 7.14. The number of rotatable bonds is 6. The van der Waals surface area contributed by atoms with Gasteiger partial charge < -0.3 is 10.6 Å². The van der Waals surface area contributed by atoms with Crippen LogP contribution in [-0.2, 0) is 0 Å². The van der Waals surface area contributed by atoms with E-state index < -0.39 is 0 Å². The summed E-state index contributed by atoms with van der Waals surface area (Å²) in [7, 11) is 0. The van der Waals surface area contributed by atoms with Crippen LogP contribution in [0.1, 0.15) is 5.56 Å². The summed E-state index contributed by atoms with van der Waals surface area (Å²) in [6, 6.07) is 13.1. The summed E-state index contributed by atoms with van der Waals surface area (Å²) in [6.07, 6.45) is 0. The molecule has 0 radical (unpaired) electrons. The van der Waals surface area contributed by atoms with Gasteiger partial charge in [0.25, 0.3) is 0 Å². The quantitative estimate of drug-likeness (QED) is 0.380. The molecule has 25 heavy (non-hydrogen) atoms. The number of hydrogen-bond acceptors (Lipinski definition) is 5. The molecule has 2 aromatic carbocycles. The standard InChI is InChI=1S/C17H16Cl2N4OS/c1-11-2-4-12(5-3-11)16-21-22-17(23(16)20)25-9-8-24-15-7-6-13(18)10-14(15)19/h2-7,10H,8-9,20H2,1H3. The first-order valence-electron chi connectivity index (χ1n) is 7.53. The van der Waals surface area contributed by atoms with E-state index in [0.717, 1.165) is 5.56 Å². The van der Waals surface area contributed by atoms with Crippen molar-refractivity contribution in [2.24, 2.45) is 0 Å². The minimum Gasteiger partial charge on any atom is -0.491 e. The topological polar surface area (TPSA) is 66.0 Å². The van der Waals surface area contributed by atoms with Crippen molar-refractivity contribution in [2.45, 2.75) is 12.1 Å². The second-order valence-corrected chi connectivity index (χ2v) is 7.22. The molecule has 0 aliphatic heterocycles. The fourth-order valence-corrected chi connectivity index (χ4v) is 3.29. The SMILES string of the molecule is Cc1ccc(-c2nnc(SCCOc3ccc(Cl)cc3Cl)n2N)cc1. The molecule has 0 spiro atoms. The summed E-state index contributed by atoms with van der Waals surface area (Å²) in [6.45, 7) is 2.49. The minimum absolute atomic E-state index is 0.457. The zero-order chi connectivity index (χ0) is 17.8. The highest BCUT2D eigenvalue weighted by atomic mass is 35.5. The van der Waals surface area contributed by atoms with E-state index >= 15 is 0 Å². The van der Waals surface area contributed by atoms with Gasteiger partial charge in [0.15, 0.2) is 5.82 Å². The van der Waals surface area contributed by atoms with Crippen LogP contribution in [0.3, 0.4) is 0 Å². The predicted octanol–water partition coefficient (Wildman–Crippen LogP) is 4.45. The predicted molar refractivity (Wildman–Crippen MR) is 103 cm³/mol. The summed E-state index contributed by atoms with van der Waals surface area (Å²) >= 11 is 13.4. The number of hydrogen-bond donors (Lipinski definition) is 1. The molecule has 0 aliphatic carbocycles. The molecule has 0 amide bonds. The average molecular weight is 395 g/mol. The van der Waals surface area contributed by atoms with Crippen molar-refractivity contribution < 1.29 is 4.74 Å². The summed E-state index contributed by atoms with van der Waals surface area (Å²) in [4.78, 5) is 0. The number of nitrogens with two attached hydrogens (primary N) is 1. The lowest BCUT2D eigenvalue weighted by Gasteiger charge is -2.08. The maximum absolute atomic E-state index is 6.10. The maximum atomic E-state index is 6.10. The summed E-state index contributed by atoms with van der Waals surface area (Å²) in [5.74, 6) is 7.98. The first kappa shape index (κ1) is 17.9. The van der Waals surface area contributed by atoms with Crippen molar-refractivity contribution in [1.29, 1.82) is 0 Å². The van der Waals surface area contributed by atoms with Crippen LogP contribution in [-0.4, -0.2) is 27.2 Å². The Labute approximate surface area is 160 Å². The largest absolute Gasteiger partial charge is 0.491 e. The van der Waals surface area contributed by atoms with E-state index in [-0.39, 0.29) is 0 Å². The van der Waals surface area contributed by atoms with E-state index in [4.69, 9.17) is 33.8 Å². The van der Waals surface area contributed by atoms with Gasteiger partial charge in [-0.1, -0.05) is 64.8 Å². The van der Waals surface area contributed by atoms with Crippen LogP contribution in [0.25, 0.3) is 11.4 Å². The number of ether oxygens (including phenoxy) is 1. The molecule has 130 valence electrons. The van der Waals surface area contributed by atoms with Crippen molar-refractivity contribution in [3.05, 3.63) is 58.1 Å². The third-order valence-electron chi connectivity index (χ3n) is 3.44. The van der Waals surface area contributed by atoms with Gasteiger partial charge in [0.1, 0.15) is 5.75 Å². The van der Waals surface area contributed by atoms with Crippen molar-refractivity contribution in [3.8, 4) is 17.1 Å². The number of thioether (sulfide) groups is 1. The molecule has 0 saturated carbocycles. The third kappa shape index (κ3) is 4.39. The Kier molecular flexibility index (Phi) is 5.73. The molecule has 3 aromatic rings. The lowest BCUT2D eigenvalue weighted by molar-refractivity contribution is 0.344. The first-order chi connectivity index (χ1) is 12.0. The van der Waals surface area contributed by atoms with Crippen molar-refractivity contribution in [2.75, 3.05) is 18.2 Å². The van der Waals surface area contributed by atoms with Crippen molar-refractivity contribution in [3.63, 3.8) is 0 Å². The van der Waals surface area contributed by atoms with E-state index in [2.05, 4.69) is 10.2 Å². The molecule has 0 atom stereocenters. The molecule has 5 nitrogen and oxygen atoms in total. The Bertz CT molecular complexity index is 868. The van der Waals surface area contributed by atoms with E-state index in [1.165, 1.54) is 22.0 Å². The molecule has 3 rings (SSSR count). The highest BCUT2D eigenvalue weighted by Gasteiger charge is 2.12.